The lowest BCUT2D eigenvalue weighted by molar-refractivity contribution is 0.736. The van der Waals surface area contributed by atoms with Crippen LogP contribution >= 0.6 is 0 Å². The van der Waals surface area contributed by atoms with Gasteiger partial charge in [0, 0.05) is 5.54 Å². The maximum absolute atomic E-state index is 6.22. The average Bonchev–Trinajstić information content (AvgIpc) is 2.97. The number of benzene rings is 1. The maximum atomic E-state index is 6.22. The van der Waals surface area contributed by atoms with Gasteiger partial charge in [0.25, 0.3) is 0 Å². The molecule has 0 spiro atoms. The van der Waals surface area contributed by atoms with Gasteiger partial charge < -0.3 is 5.73 Å². The highest BCUT2D eigenvalue weighted by molar-refractivity contribution is 5.37. The Balaban J connectivity index is 2.39. The summed E-state index contributed by atoms with van der Waals surface area (Å²) in [5, 5.41) is 0. The van der Waals surface area contributed by atoms with Gasteiger partial charge in [-0.1, -0.05) is 32.0 Å². The molecule has 0 aliphatic heterocycles. The Kier molecular flexibility index (Phi) is 2.36. The molecule has 0 amide bonds. The molecule has 0 atom stereocenters. The van der Waals surface area contributed by atoms with Crippen molar-refractivity contribution in [2.75, 3.05) is 0 Å². The van der Waals surface area contributed by atoms with Crippen LogP contribution in [0.4, 0.5) is 0 Å². The summed E-state index contributed by atoms with van der Waals surface area (Å²) in [6.07, 6.45) is 4.53. The second kappa shape index (κ2) is 3.39. The molecule has 1 fully saturated rings. The van der Waals surface area contributed by atoms with Crippen molar-refractivity contribution in [2.24, 2.45) is 5.73 Å². The van der Waals surface area contributed by atoms with E-state index in [2.05, 4.69) is 32.0 Å². The summed E-state index contributed by atoms with van der Waals surface area (Å²) in [4.78, 5) is 0. The predicted octanol–water partition coefficient (Wildman–Crippen LogP) is 2.76. The second-order valence-corrected chi connectivity index (χ2v) is 4.40. The molecule has 1 heteroatoms. The molecule has 2 N–H and O–H groups in total. The van der Waals surface area contributed by atoms with E-state index in [4.69, 9.17) is 5.73 Å². The fourth-order valence-electron chi connectivity index (χ4n) is 1.88. The van der Waals surface area contributed by atoms with E-state index in [1.165, 1.54) is 16.7 Å². The van der Waals surface area contributed by atoms with E-state index in [0.29, 0.717) is 0 Å². The van der Waals surface area contributed by atoms with Crippen LogP contribution in [-0.2, 0) is 18.4 Å². The molecule has 1 nitrogen and oxygen atoms in total. The third-order valence-corrected chi connectivity index (χ3v) is 3.23. The molecule has 0 saturated heterocycles. The lowest BCUT2D eigenvalue weighted by Gasteiger charge is -2.12. The monoisotopic (exact) mass is 189 g/mol. The van der Waals surface area contributed by atoms with Gasteiger partial charge in [0.15, 0.2) is 0 Å². The largest absolute Gasteiger partial charge is 0.321 e. The normalized spacial score (nSPS) is 18.2. The summed E-state index contributed by atoms with van der Waals surface area (Å²) in [6, 6.07) is 6.87. The topological polar surface area (TPSA) is 26.0 Å². The van der Waals surface area contributed by atoms with Crippen molar-refractivity contribution in [3.8, 4) is 0 Å². The van der Waals surface area contributed by atoms with Crippen LogP contribution in [0.15, 0.2) is 18.2 Å². The minimum absolute atomic E-state index is 0.0229. The van der Waals surface area contributed by atoms with E-state index in [0.717, 1.165) is 25.7 Å². The Bertz CT molecular complexity index is 315. The van der Waals surface area contributed by atoms with Crippen molar-refractivity contribution >= 4 is 0 Å². The van der Waals surface area contributed by atoms with Crippen LogP contribution in [0.2, 0.25) is 0 Å². The Labute approximate surface area is 86.3 Å². The average molecular weight is 189 g/mol. The van der Waals surface area contributed by atoms with Crippen LogP contribution in [0.3, 0.4) is 0 Å². The molecule has 76 valence electrons. The first-order valence-corrected chi connectivity index (χ1v) is 5.60. The summed E-state index contributed by atoms with van der Waals surface area (Å²) in [5.41, 5.74) is 10.4. The van der Waals surface area contributed by atoms with Crippen molar-refractivity contribution in [2.45, 2.75) is 45.1 Å². The van der Waals surface area contributed by atoms with E-state index in [-0.39, 0.29) is 5.54 Å². The molecule has 0 aromatic heterocycles. The quantitative estimate of drug-likeness (QED) is 0.777. The number of hydrogen-bond acceptors (Lipinski definition) is 1. The molecule has 0 radical (unpaired) electrons. The smallest absolute Gasteiger partial charge is 0.0411 e. The minimum atomic E-state index is 0.0229. The zero-order valence-electron chi connectivity index (χ0n) is 9.14. The molecule has 1 saturated carbocycles. The molecule has 1 aromatic rings. The zero-order valence-corrected chi connectivity index (χ0v) is 9.14. The Hall–Kier alpha value is -0.820. The SMILES string of the molecule is CCc1cc(CC)cc(C2(N)CC2)c1. The standard InChI is InChI=1S/C13H19N/c1-3-10-7-11(4-2)9-12(8-10)13(14)5-6-13/h7-9H,3-6,14H2,1-2H3. The molecule has 0 heterocycles. The molecule has 2 rings (SSSR count). The predicted molar refractivity (Wildman–Crippen MR) is 60.3 cm³/mol. The van der Waals surface area contributed by atoms with Crippen molar-refractivity contribution in [3.63, 3.8) is 0 Å². The Morgan fingerprint density at radius 2 is 1.57 bits per heavy atom. The van der Waals surface area contributed by atoms with Crippen LogP contribution in [0.5, 0.6) is 0 Å². The first-order valence-electron chi connectivity index (χ1n) is 5.60. The van der Waals surface area contributed by atoms with Crippen molar-refractivity contribution in [1.29, 1.82) is 0 Å². The second-order valence-electron chi connectivity index (χ2n) is 4.40. The Morgan fingerprint density at radius 1 is 1.07 bits per heavy atom. The maximum Gasteiger partial charge on any atom is 0.0411 e. The first kappa shape index (κ1) is 9.72. The molecule has 0 unspecified atom stereocenters. The summed E-state index contributed by atoms with van der Waals surface area (Å²) in [6.45, 7) is 4.41. The van der Waals surface area contributed by atoms with Crippen LogP contribution in [0.1, 0.15) is 43.4 Å². The van der Waals surface area contributed by atoms with Crippen LogP contribution in [-0.4, -0.2) is 0 Å². The third-order valence-electron chi connectivity index (χ3n) is 3.23. The summed E-state index contributed by atoms with van der Waals surface area (Å²) >= 11 is 0. The fraction of sp³-hybridized carbons (Fsp3) is 0.538. The minimum Gasteiger partial charge on any atom is -0.321 e. The molecule has 14 heavy (non-hydrogen) atoms. The first-order chi connectivity index (χ1) is 6.68. The number of hydrogen-bond donors (Lipinski definition) is 1. The van der Waals surface area contributed by atoms with Gasteiger partial charge in [-0.3, -0.25) is 0 Å². The van der Waals surface area contributed by atoms with E-state index < -0.39 is 0 Å². The van der Waals surface area contributed by atoms with Gasteiger partial charge in [-0.2, -0.15) is 0 Å². The van der Waals surface area contributed by atoms with Crippen LogP contribution in [0, 0.1) is 0 Å². The van der Waals surface area contributed by atoms with E-state index in [9.17, 15) is 0 Å². The lowest BCUT2D eigenvalue weighted by atomic mass is 9.97. The molecular weight excluding hydrogens is 170 g/mol. The molecule has 1 aliphatic carbocycles. The lowest BCUT2D eigenvalue weighted by Crippen LogP contribution is -2.19. The third kappa shape index (κ3) is 1.69. The van der Waals surface area contributed by atoms with Gasteiger partial charge in [-0.15, -0.1) is 0 Å². The number of nitrogens with two attached hydrogens (primary N) is 1. The summed E-state index contributed by atoms with van der Waals surface area (Å²) in [7, 11) is 0. The number of rotatable bonds is 3. The summed E-state index contributed by atoms with van der Waals surface area (Å²) < 4.78 is 0. The van der Waals surface area contributed by atoms with Crippen molar-refractivity contribution in [1.82, 2.24) is 0 Å². The summed E-state index contributed by atoms with van der Waals surface area (Å²) in [5.74, 6) is 0. The molecule has 0 bridgehead atoms. The van der Waals surface area contributed by atoms with Gasteiger partial charge in [0.2, 0.25) is 0 Å². The van der Waals surface area contributed by atoms with E-state index >= 15 is 0 Å². The van der Waals surface area contributed by atoms with Gasteiger partial charge in [-0.25, -0.2) is 0 Å². The van der Waals surface area contributed by atoms with Gasteiger partial charge in [0.1, 0.15) is 0 Å². The molecular formula is C13H19N. The van der Waals surface area contributed by atoms with Gasteiger partial charge in [-0.05, 0) is 42.4 Å². The zero-order chi connectivity index (χ0) is 10.2. The highest BCUT2D eigenvalue weighted by atomic mass is 14.8. The van der Waals surface area contributed by atoms with E-state index in [1.54, 1.807) is 0 Å². The molecule has 1 aromatic carbocycles. The highest BCUT2D eigenvalue weighted by Gasteiger charge is 2.40. The molecule has 1 aliphatic rings. The van der Waals surface area contributed by atoms with Crippen molar-refractivity contribution < 1.29 is 0 Å². The number of aryl methyl sites for hydroxylation is 2. The van der Waals surface area contributed by atoms with Crippen LogP contribution in [0.25, 0.3) is 0 Å². The highest BCUT2D eigenvalue weighted by Crippen LogP contribution is 2.43. The van der Waals surface area contributed by atoms with Crippen LogP contribution < -0.4 is 5.73 Å². The van der Waals surface area contributed by atoms with Crippen molar-refractivity contribution in [3.05, 3.63) is 34.9 Å². The Morgan fingerprint density at radius 3 is 1.93 bits per heavy atom. The fourth-order valence-corrected chi connectivity index (χ4v) is 1.88. The van der Waals surface area contributed by atoms with Gasteiger partial charge >= 0.3 is 0 Å². The van der Waals surface area contributed by atoms with Gasteiger partial charge in [0.05, 0.1) is 0 Å². The van der Waals surface area contributed by atoms with E-state index in [1.807, 2.05) is 0 Å².